The Morgan fingerprint density at radius 1 is 0.941 bits per heavy atom. The molecule has 11 heteroatoms. The number of benzene rings is 3. The number of carboxylic acid groups (broad SMARTS) is 1. The van der Waals surface area contributed by atoms with E-state index in [0.29, 0.717) is 62.1 Å². The lowest BCUT2D eigenvalue weighted by molar-refractivity contribution is -0.144. The van der Waals surface area contributed by atoms with Crippen molar-refractivity contribution in [2.45, 2.75) is 89.9 Å². The van der Waals surface area contributed by atoms with Crippen LogP contribution >= 0.6 is 0 Å². The predicted octanol–water partition coefficient (Wildman–Crippen LogP) is 5.18. The normalized spacial score (nSPS) is 18.7. The topological polar surface area (TPSA) is 145 Å². The van der Waals surface area contributed by atoms with Crippen LogP contribution in [0, 0.1) is 5.41 Å². The molecule has 3 unspecified atom stereocenters. The van der Waals surface area contributed by atoms with E-state index >= 15 is 0 Å². The van der Waals surface area contributed by atoms with Gasteiger partial charge in [0.15, 0.2) is 0 Å². The van der Waals surface area contributed by atoms with Crippen LogP contribution in [0.3, 0.4) is 0 Å². The van der Waals surface area contributed by atoms with E-state index in [9.17, 15) is 29.1 Å². The van der Waals surface area contributed by atoms with Crippen LogP contribution in [-0.4, -0.2) is 65.3 Å². The summed E-state index contributed by atoms with van der Waals surface area (Å²) in [6.45, 7) is 3.72. The van der Waals surface area contributed by atoms with Gasteiger partial charge in [-0.2, -0.15) is 0 Å². The van der Waals surface area contributed by atoms with Gasteiger partial charge in [0, 0.05) is 38.4 Å². The molecule has 1 heterocycles. The molecule has 0 bridgehead atoms. The second-order valence-electron chi connectivity index (χ2n) is 13.6. The lowest BCUT2D eigenvalue weighted by Crippen LogP contribution is -2.49. The number of nitrogens with one attached hydrogen (secondary N) is 2. The first-order valence-corrected chi connectivity index (χ1v) is 17.8. The SMILES string of the molecule is CCCC(=O)N1C(Cc2ccc(OC)cc2)C(=O)N(c2ccc(CC(NC(=O)C3(CCNC(C)=O)CCCC3)C(=O)O)cc2)C1c1ccccc1. The number of amides is 4. The van der Waals surface area contributed by atoms with E-state index in [2.05, 4.69) is 10.6 Å². The number of ether oxygens (including phenoxy) is 1. The van der Waals surface area contributed by atoms with Crippen LogP contribution in [0.5, 0.6) is 5.75 Å². The monoisotopic (exact) mass is 696 g/mol. The maximum Gasteiger partial charge on any atom is 0.326 e. The number of aliphatic carboxylic acids is 1. The van der Waals surface area contributed by atoms with E-state index in [0.717, 1.165) is 24.0 Å². The Morgan fingerprint density at radius 3 is 2.18 bits per heavy atom. The van der Waals surface area contributed by atoms with Gasteiger partial charge in [0.25, 0.3) is 5.91 Å². The molecule has 4 amide bonds. The smallest absolute Gasteiger partial charge is 0.326 e. The van der Waals surface area contributed by atoms with Crippen LogP contribution in [0.4, 0.5) is 5.69 Å². The highest BCUT2D eigenvalue weighted by Gasteiger charge is 2.49. The molecule has 2 fully saturated rings. The van der Waals surface area contributed by atoms with E-state index in [1.807, 2.05) is 61.5 Å². The highest BCUT2D eigenvalue weighted by Crippen LogP contribution is 2.42. The summed E-state index contributed by atoms with van der Waals surface area (Å²) in [6.07, 6.45) is 4.07. The number of hydrogen-bond acceptors (Lipinski definition) is 6. The number of hydrogen-bond donors (Lipinski definition) is 3. The molecule has 3 aromatic rings. The van der Waals surface area contributed by atoms with Crippen molar-refractivity contribution >= 4 is 35.3 Å². The Morgan fingerprint density at radius 2 is 1.59 bits per heavy atom. The highest BCUT2D eigenvalue weighted by atomic mass is 16.5. The van der Waals surface area contributed by atoms with Crippen LogP contribution in [-0.2, 0) is 36.8 Å². The minimum Gasteiger partial charge on any atom is -0.497 e. The van der Waals surface area contributed by atoms with Crippen molar-refractivity contribution < 1.29 is 33.8 Å². The zero-order valence-corrected chi connectivity index (χ0v) is 29.6. The zero-order chi connectivity index (χ0) is 36.5. The van der Waals surface area contributed by atoms with Gasteiger partial charge in [-0.15, -0.1) is 0 Å². The zero-order valence-electron chi connectivity index (χ0n) is 29.6. The van der Waals surface area contributed by atoms with Crippen LogP contribution < -0.4 is 20.3 Å². The first-order valence-electron chi connectivity index (χ1n) is 17.8. The number of methoxy groups -OCH3 is 1. The van der Waals surface area contributed by atoms with Gasteiger partial charge in [-0.1, -0.05) is 74.4 Å². The molecule has 51 heavy (non-hydrogen) atoms. The first-order chi connectivity index (χ1) is 24.6. The molecule has 0 radical (unpaired) electrons. The molecule has 1 aliphatic carbocycles. The number of rotatable bonds is 15. The van der Waals surface area contributed by atoms with Crippen LogP contribution in [0.15, 0.2) is 78.9 Å². The summed E-state index contributed by atoms with van der Waals surface area (Å²) in [4.78, 5) is 69.0. The van der Waals surface area contributed by atoms with Crippen LogP contribution in [0.25, 0.3) is 0 Å². The highest BCUT2D eigenvalue weighted by molar-refractivity contribution is 6.03. The molecule has 2 aliphatic rings. The summed E-state index contributed by atoms with van der Waals surface area (Å²) in [6, 6.07) is 22.1. The molecule has 1 saturated carbocycles. The van der Waals surface area contributed by atoms with Gasteiger partial charge in [-0.3, -0.25) is 24.1 Å². The third-order valence-corrected chi connectivity index (χ3v) is 10.1. The van der Waals surface area contributed by atoms with Crippen LogP contribution in [0.2, 0.25) is 0 Å². The first kappa shape index (κ1) is 37.1. The standard InChI is InChI=1S/C40H48N4O7/c1-4-10-35(46)44-34(26-29-15-19-32(51-3)20-16-29)37(47)43(36(44)30-11-6-5-7-12-30)31-17-13-28(14-18-31)25-33(38(48)49)42-39(50)40(21-8-9-22-40)23-24-41-27(2)45/h5-7,11-20,33-34,36H,4,8-10,21-26H2,1-3H3,(H,41,45)(H,42,50)(H,48,49). The second kappa shape index (κ2) is 16.7. The van der Waals surface area contributed by atoms with E-state index in [1.165, 1.54) is 6.92 Å². The summed E-state index contributed by atoms with van der Waals surface area (Å²) in [5.41, 5.74) is 2.21. The number of carboxylic acids is 1. The fourth-order valence-corrected chi connectivity index (χ4v) is 7.38. The van der Waals surface area contributed by atoms with E-state index in [-0.39, 0.29) is 30.0 Å². The Balaban J connectivity index is 1.40. The number of nitrogens with zero attached hydrogens (tertiary/aromatic N) is 2. The molecular weight excluding hydrogens is 648 g/mol. The maximum atomic E-state index is 14.4. The number of carbonyl (C=O) groups excluding carboxylic acids is 4. The number of carbonyl (C=O) groups is 5. The minimum absolute atomic E-state index is 0.0421. The Bertz CT molecular complexity index is 1690. The molecule has 3 atom stereocenters. The lowest BCUT2D eigenvalue weighted by atomic mass is 9.81. The van der Waals surface area contributed by atoms with Crippen molar-refractivity contribution in [2.24, 2.45) is 5.41 Å². The fraction of sp³-hybridized carbons (Fsp3) is 0.425. The van der Waals surface area contributed by atoms with Gasteiger partial charge in [0.05, 0.1) is 12.5 Å². The maximum absolute atomic E-state index is 14.4. The van der Waals surface area contributed by atoms with Gasteiger partial charge in [0.2, 0.25) is 17.7 Å². The van der Waals surface area contributed by atoms with Crippen LogP contribution in [0.1, 0.15) is 81.6 Å². The van der Waals surface area contributed by atoms with Crippen molar-refractivity contribution in [2.75, 3.05) is 18.6 Å². The quantitative estimate of drug-likeness (QED) is 0.199. The number of anilines is 1. The van der Waals surface area contributed by atoms with E-state index < -0.39 is 29.6 Å². The summed E-state index contributed by atoms with van der Waals surface area (Å²) < 4.78 is 5.31. The van der Waals surface area contributed by atoms with Crippen molar-refractivity contribution in [1.29, 1.82) is 0 Å². The molecule has 0 spiro atoms. The largest absolute Gasteiger partial charge is 0.497 e. The van der Waals surface area contributed by atoms with Gasteiger partial charge in [-0.05, 0) is 66.6 Å². The molecule has 1 saturated heterocycles. The summed E-state index contributed by atoms with van der Waals surface area (Å²) in [5, 5.41) is 15.7. The van der Waals surface area contributed by atoms with Crippen molar-refractivity contribution in [3.63, 3.8) is 0 Å². The molecule has 1 aliphatic heterocycles. The second-order valence-corrected chi connectivity index (χ2v) is 13.6. The Hall–Kier alpha value is -5.19. The van der Waals surface area contributed by atoms with Gasteiger partial charge < -0.3 is 25.4 Å². The van der Waals surface area contributed by atoms with E-state index in [1.54, 1.807) is 41.2 Å². The Kier molecular flexibility index (Phi) is 12.1. The molecule has 5 rings (SSSR count). The minimum atomic E-state index is -1.16. The van der Waals surface area contributed by atoms with Crippen molar-refractivity contribution in [3.05, 3.63) is 95.6 Å². The molecular formula is C40H48N4O7. The molecule has 270 valence electrons. The fourth-order valence-electron chi connectivity index (χ4n) is 7.38. The summed E-state index contributed by atoms with van der Waals surface area (Å²) >= 11 is 0. The van der Waals surface area contributed by atoms with Crippen molar-refractivity contribution in [1.82, 2.24) is 15.5 Å². The molecule has 0 aromatic heterocycles. The van der Waals surface area contributed by atoms with Gasteiger partial charge in [-0.25, -0.2) is 4.79 Å². The summed E-state index contributed by atoms with van der Waals surface area (Å²) in [7, 11) is 1.59. The summed E-state index contributed by atoms with van der Waals surface area (Å²) in [5.74, 6) is -1.25. The van der Waals surface area contributed by atoms with E-state index in [4.69, 9.17) is 4.74 Å². The molecule has 3 N–H and O–H groups in total. The Labute approximate surface area is 299 Å². The van der Waals surface area contributed by atoms with Gasteiger partial charge in [0.1, 0.15) is 24.0 Å². The average Bonchev–Trinajstić information content (AvgIpc) is 3.72. The third kappa shape index (κ3) is 8.58. The third-order valence-electron chi connectivity index (χ3n) is 10.1. The predicted molar refractivity (Wildman–Crippen MR) is 193 cm³/mol. The lowest BCUT2D eigenvalue weighted by Gasteiger charge is -2.32. The molecule has 3 aromatic carbocycles. The van der Waals surface area contributed by atoms with Gasteiger partial charge >= 0.3 is 5.97 Å². The average molecular weight is 697 g/mol. The van der Waals surface area contributed by atoms with Crippen molar-refractivity contribution in [3.8, 4) is 5.75 Å². The molecule has 11 nitrogen and oxygen atoms in total.